The number of aliphatic hydroxyl groups excluding tert-OH is 1. The number of nitrogens with zero attached hydrogens (tertiary/aromatic N) is 3. The molecule has 1 saturated carbocycles. The molecule has 0 bridgehead atoms. The standard InChI is InChI=1S/C27H33ClN4O2/c1-4-24(23-13-17(2)30-31-23)32(3)27(34)20-8-5-18(6-9-20)14-19-7-10-21(15-19)26(33)22-11-12-25(28)29-16-22/h5-6,8-9,11-13,16,19,21,24,26,33H,4,7,10,14-15H2,1-3H3,(H,30,31)/t19-,21-,24?,26-/m0/s1. The molecule has 1 amide bonds. The predicted molar refractivity (Wildman–Crippen MR) is 134 cm³/mol. The fourth-order valence-corrected chi connectivity index (χ4v) is 5.29. The molecule has 6 nitrogen and oxygen atoms in total. The number of aryl methyl sites for hydroxylation is 1. The Kier molecular flexibility index (Phi) is 7.69. The molecule has 1 aromatic carbocycles. The third-order valence-electron chi connectivity index (χ3n) is 7.09. The summed E-state index contributed by atoms with van der Waals surface area (Å²) in [5.41, 5.74) is 4.62. The Bertz CT molecular complexity index is 1100. The van der Waals surface area contributed by atoms with E-state index in [4.69, 9.17) is 11.6 Å². The van der Waals surface area contributed by atoms with Gasteiger partial charge in [0.2, 0.25) is 0 Å². The van der Waals surface area contributed by atoms with Crippen molar-refractivity contribution in [3.8, 4) is 0 Å². The van der Waals surface area contributed by atoms with Gasteiger partial charge in [-0.05, 0) is 86.3 Å². The Labute approximate surface area is 206 Å². The average molecular weight is 481 g/mol. The summed E-state index contributed by atoms with van der Waals surface area (Å²) < 4.78 is 0. The number of carbonyl (C=O) groups excluding carboxylic acids is 1. The van der Waals surface area contributed by atoms with Gasteiger partial charge >= 0.3 is 0 Å². The number of benzene rings is 1. The topological polar surface area (TPSA) is 82.1 Å². The van der Waals surface area contributed by atoms with Gasteiger partial charge in [0.1, 0.15) is 5.15 Å². The van der Waals surface area contributed by atoms with E-state index in [0.29, 0.717) is 16.6 Å². The van der Waals surface area contributed by atoms with Crippen molar-refractivity contribution in [1.82, 2.24) is 20.1 Å². The average Bonchev–Trinajstić information content (AvgIpc) is 3.49. The Hall–Kier alpha value is -2.70. The highest BCUT2D eigenvalue weighted by Gasteiger charge is 2.31. The number of aromatic amines is 1. The van der Waals surface area contributed by atoms with Crippen LogP contribution in [0.5, 0.6) is 0 Å². The molecular weight excluding hydrogens is 448 g/mol. The smallest absolute Gasteiger partial charge is 0.254 e. The molecule has 3 aromatic rings. The Balaban J connectivity index is 1.34. The number of aliphatic hydroxyl groups is 1. The van der Waals surface area contributed by atoms with Crippen LogP contribution in [0.3, 0.4) is 0 Å². The van der Waals surface area contributed by atoms with Gasteiger partial charge in [-0.2, -0.15) is 5.10 Å². The Morgan fingerprint density at radius 1 is 1.24 bits per heavy atom. The molecule has 2 N–H and O–H groups in total. The van der Waals surface area contributed by atoms with Crippen LogP contribution in [-0.2, 0) is 6.42 Å². The highest BCUT2D eigenvalue weighted by molar-refractivity contribution is 6.29. The van der Waals surface area contributed by atoms with E-state index in [1.165, 1.54) is 5.56 Å². The van der Waals surface area contributed by atoms with Crippen LogP contribution in [0, 0.1) is 18.8 Å². The van der Waals surface area contributed by atoms with Crippen molar-refractivity contribution >= 4 is 17.5 Å². The third kappa shape index (κ3) is 5.50. The van der Waals surface area contributed by atoms with Crippen molar-refractivity contribution in [2.75, 3.05) is 7.05 Å². The van der Waals surface area contributed by atoms with Crippen LogP contribution in [0.25, 0.3) is 0 Å². The second-order valence-corrected chi connectivity index (χ2v) is 9.90. The maximum absolute atomic E-state index is 13.1. The van der Waals surface area contributed by atoms with Crippen molar-refractivity contribution in [1.29, 1.82) is 0 Å². The number of aromatic nitrogens is 3. The summed E-state index contributed by atoms with van der Waals surface area (Å²) in [6, 6.07) is 13.5. The van der Waals surface area contributed by atoms with Gasteiger partial charge in [0, 0.05) is 24.5 Å². The van der Waals surface area contributed by atoms with Crippen molar-refractivity contribution in [2.45, 2.75) is 58.1 Å². The van der Waals surface area contributed by atoms with Gasteiger partial charge in [-0.3, -0.25) is 9.89 Å². The molecule has 0 saturated heterocycles. The van der Waals surface area contributed by atoms with E-state index >= 15 is 0 Å². The molecule has 0 radical (unpaired) electrons. The molecule has 34 heavy (non-hydrogen) atoms. The molecule has 1 aliphatic rings. The minimum Gasteiger partial charge on any atom is -0.388 e. The maximum atomic E-state index is 13.1. The lowest BCUT2D eigenvalue weighted by molar-refractivity contribution is 0.0722. The summed E-state index contributed by atoms with van der Waals surface area (Å²) >= 11 is 5.87. The third-order valence-corrected chi connectivity index (χ3v) is 7.31. The molecule has 0 spiro atoms. The molecule has 1 fully saturated rings. The van der Waals surface area contributed by atoms with Crippen LogP contribution in [0.2, 0.25) is 5.15 Å². The van der Waals surface area contributed by atoms with E-state index in [9.17, 15) is 9.90 Å². The zero-order valence-corrected chi connectivity index (χ0v) is 20.8. The predicted octanol–water partition coefficient (Wildman–Crippen LogP) is 5.68. The van der Waals surface area contributed by atoms with Crippen molar-refractivity contribution < 1.29 is 9.90 Å². The zero-order chi connectivity index (χ0) is 24.2. The summed E-state index contributed by atoms with van der Waals surface area (Å²) in [6.45, 7) is 4.03. The van der Waals surface area contributed by atoms with Crippen LogP contribution in [0.15, 0.2) is 48.7 Å². The summed E-state index contributed by atoms with van der Waals surface area (Å²) in [5, 5.41) is 18.5. The molecule has 1 aliphatic carbocycles. The minimum atomic E-state index is -0.505. The molecular formula is C27H33ClN4O2. The van der Waals surface area contributed by atoms with Crippen LogP contribution < -0.4 is 0 Å². The first-order valence-corrected chi connectivity index (χ1v) is 12.4. The first-order chi connectivity index (χ1) is 16.4. The molecule has 2 aromatic heterocycles. The molecule has 2 heterocycles. The highest BCUT2D eigenvalue weighted by Crippen LogP contribution is 2.40. The van der Waals surface area contributed by atoms with Gasteiger partial charge in [-0.1, -0.05) is 36.7 Å². The van der Waals surface area contributed by atoms with E-state index in [1.54, 1.807) is 17.2 Å². The largest absolute Gasteiger partial charge is 0.388 e. The number of rotatable bonds is 8. The van der Waals surface area contributed by atoms with E-state index in [0.717, 1.165) is 49.1 Å². The van der Waals surface area contributed by atoms with E-state index in [-0.39, 0.29) is 17.9 Å². The second-order valence-electron chi connectivity index (χ2n) is 9.52. The summed E-state index contributed by atoms with van der Waals surface area (Å²) in [4.78, 5) is 19.0. The molecule has 0 aliphatic heterocycles. The first kappa shape index (κ1) is 24.4. The van der Waals surface area contributed by atoms with E-state index < -0.39 is 6.10 Å². The number of nitrogens with one attached hydrogen (secondary N) is 1. The Morgan fingerprint density at radius 2 is 2.00 bits per heavy atom. The molecule has 4 atom stereocenters. The van der Waals surface area contributed by atoms with Crippen LogP contribution in [0.4, 0.5) is 0 Å². The van der Waals surface area contributed by atoms with Crippen LogP contribution in [0.1, 0.15) is 77.6 Å². The monoisotopic (exact) mass is 480 g/mol. The lowest BCUT2D eigenvalue weighted by Gasteiger charge is -2.26. The molecule has 180 valence electrons. The number of H-pyrrole nitrogens is 1. The quantitative estimate of drug-likeness (QED) is 0.406. The van der Waals surface area contributed by atoms with Crippen LogP contribution >= 0.6 is 11.6 Å². The van der Waals surface area contributed by atoms with E-state index in [1.807, 2.05) is 38.2 Å². The number of hydrogen-bond acceptors (Lipinski definition) is 4. The lowest BCUT2D eigenvalue weighted by atomic mass is 9.92. The van der Waals surface area contributed by atoms with Gasteiger partial charge in [-0.25, -0.2) is 4.98 Å². The fourth-order valence-electron chi connectivity index (χ4n) is 5.17. The van der Waals surface area contributed by atoms with Crippen molar-refractivity contribution in [2.24, 2.45) is 11.8 Å². The number of halogens is 1. The maximum Gasteiger partial charge on any atom is 0.254 e. The SMILES string of the molecule is CCC(c1cc(C)[nH]n1)N(C)C(=O)c1ccc(C[C@@H]2CC[C@H]([C@H](O)c3ccc(Cl)nc3)C2)cc1. The second kappa shape index (κ2) is 10.7. The van der Waals surface area contributed by atoms with Crippen molar-refractivity contribution in [3.05, 3.63) is 81.9 Å². The highest BCUT2D eigenvalue weighted by atomic mass is 35.5. The summed E-state index contributed by atoms with van der Waals surface area (Å²) in [6.07, 6.45) is 5.99. The normalized spacial score (nSPS) is 19.7. The van der Waals surface area contributed by atoms with Gasteiger partial charge < -0.3 is 10.0 Å². The lowest BCUT2D eigenvalue weighted by Crippen LogP contribution is -2.31. The first-order valence-electron chi connectivity index (χ1n) is 12.0. The van der Waals surface area contributed by atoms with E-state index in [2.05, 4.69) is 34.2 Å². The summed E-state index contributed by atoms with van der Waals surface area (Å²) in [7, 11) is 1.84. The minimum absolute atomic E-state index is 0.000297. The van der Waals surface area contributed by atoms with Gasteiger partial charge in [-0.15, -0.1) is 0 Å². The molecule has 7 heteroatoms. The summed E-state index contributed by atoms with van der Waals surface area (Å²) in [5.74, 6) is 0.760. The van der Waals surface area contributed by atoms with Gasteiger partial charge in [0.15, 0.2) is 0 Å². The number of pyridine rings is 1. The van der Waals surface area contributed by atoms with Crippen molar-refractivity contribution in [3.63, 3.8) is 0 Å². The number of carbonyl (C=O) groups is 1. The zero-order valence-electron chi connectivity index (χ0n) is 20.0. The van der Waals surface area contributed by atoms with Gasteiger partial charge in [0.05, 0.1) is 17.8 Å². The molecule has 4 rings (SSSR count). The number of hydrogen-bond donors (Lipinski definition) is 2. The number of amides is 1. The molecule has 1 unspecified atom stereocenters. The Morgan fingerprint density at radius 3 is 2.62 bits per heavy atom. The van der Waals surface area contributed by atoms with Crippen LogP contribution in [-0.4, -0.2) is 38.1 Å². The van der Waals surface area contributed by atoms with Gasteiger partial charge in [0.25, 0.3) is 5.91 Å². The fraction of sp³-hybridized carbons (Fsp3) is 0.444.